The molecule has 2 amide bonds. The van der Waals surface area contributed by atoms with E-state index in [4.69, 9.17) is 0 Å². The summed E-state index contributed by atoms with van der Waals surface area (Å²) in [5, 5.41) is 2.94. The van der Waals surface area contributed by atoms with Gasteiger partial charge < -0.3 is 10.2 Å². The molecule has 20 heavy (non-hydrogen) atoms. The summed E-state index contributed by atoms with van der Waals surface area (Å²) in [5.74, 6) is -0.744. The molecule has 0 aromatic heterocycles. The molecule has 1 aliphatic carbocycles. The first-order valence-corrected chi connectivity index (χ1v) is 8.28. The summed E-state index contributed by atoms with van der Waals surface area (Å²) < 4.78 is 0. The summed E-state index contributed by atoms with van der Waals surface area (Å²) in [5.41, 5.74) is 0. The van der Waals surface area contributed by atoms with Crippen molar-refractivity contribution in [3.05, 3.63) is 0 Å². The van der Waals surface area contributed by atoms with Gasteiger partial charge in [0.05, 0.1) is 0 Å². The van der Waals surface area contributed by atoms with Gasteiger partial charge in [-0.05, 0) is 25.7 Å². The molecule has 0 heterocycles. The lowest BCUT2D eigenvalue weighted by Gasteiger charge is -2.23. The molecule has 1 rings (SSSR count). The predicted octanol–water partition coefficient (Wildman–Crippen LogP) is 2.86. The predicted molar refractivity (Wildman–Crippen MR) is 81.4 cm³/mol. The van der Waals surface area contributed by atoms with Crippen molar-refractivity contribution in [1.29, 1.82) is 0 Å². The average Bonchev–Trinajstić information content (AvgIpc) is 2.71. The molecule has 0 aliphatic heterocycles. The topological polar surface area (TPSA) is 49.4 Å². The van der Waals surface area contributed by atoms with Gasteiger partial charge in [0, 0.05) is 19.1 Å². The van der Waals surface area contributed by atoms with Crippen LogP contribution in [-0.4, -0.2) is 35.8 Å². The Balaban J connectivity index is 2.47. The van der Waals surface area contributed by atoms with E-state index in [0.29, 0.717) is 13.1 Å². The highest BCUT2D eigenvalue weighted by atomic mass is 16.2. The zero-order valence-corrected chi connectivity index (χ0v) is 13.1. The molecule has 0 bridgehead atoms. The fraction of sp³-hybridized carbons (Fsp3) is 0.875. The molecule has 0 aromatic rings. The van der Waals surface area contributed by atoms with Crippen LogP contribution in [-0.2, 0) is 9.59 Å². The second kappa shape index (κ2) is 9.78. The van der Waals surface area contributed by atoms with Gasteiger partial charge in [-0.2, -0.15) is 0 Å². The Hall–Kier alpha value is -1.06. The Morgan fingerprint density at radius 2 is 1.65 bits per heavy atom. The Morgan fingerprint density at radius 1 is 1.00 bits per heavy atom. The second-order valence-corrected chi connectivity index (χ2v) is 5.81. The van der Waals surface area contributed by atoms with Crippen LogP contribution in [0.15, 0.2) is 0 Å². The van der Waals surface area contributed by atoms with E-state index in [1.165, 1.54) is 12.8 Å². The van der Waals surface area contributed by atoms with Crippen LogP contribution in [0, 0.1) is 0 Å². The third-order valence-electron chi connectivity index (χ3n) is 3.95. The van der Waals surface area contributed by atoms with Gasteiger partial charge in [0.1, 0.15) is 0 Å². The van der Waals surface area contributed by atoms with Crippen LogP contribution in [0.25, 0.3) is 0 Å². The molecule has 0 aromatic carbocycles. The van der Waals surface area contributed by atoms with Gasteiger partial charge in [-0.1, -0.05) is 46.0 Å². The fourth-order valence-electron chi connectivity index (χ4n) is 2.75. The summed E-state index contributed by atoms with van der Waals surface area (Å²) in [4.78, 5) is 26.0. The van der Waals surface area contributed by atoms with E-state index in [1.54, 1.807) is 4.90 Å². The molecule has 4 nitrogen and oxygen atoms in total. The molecule has 0 spiro atoms. The number of nitrogens with one attached hydrogen (secondary N) is 1. The lowest BCUT2D eigenvalue weighted by atomic mass is 10.1. The van der Waals surface area contributed by atoms with Crippen molar-refractivity contribution in [2.24, 2.45) is 0 Å². The van der Waals surface area contributed by atoms with E-state index in [-0.39, 0.29) is 11.9 Å². The Bertz CT molecular complexity index is 297. The highest BCUT2D eigenvalue weighted by molar-refractivity contribution is 6.35. The lowest BCUT2D eigenvalue weighted by Crippen LogP contribution is -2.47. The van der Waals surface area contributed by atoms with Gasteiger partial charge in [-0.3, -0.25) is 9.59 Å². The van der Waals surface area contributed by atoms with Crippen molar-refractivity contribution in [2.45, 2.75) is 77.7 Å². The SMILES string of the molecule is CCCCN(CCC)C(=O)C(=O)NC1CCCCCC1. The van der Waals surface area contributed by atoms with E-state index in [1.807, 2.05) is 6.92 Å². The molecule has 116 valence electrons. The van der Waals surface area contributed by atoms with E-state index in [0.717, 1.165) is 44.9 Å². The van der Waals surface area contributed by atoms with Crippen LogP contribution in [0.4, 0.5) is 0 Å². The molecule has 1 saturated carbocycles. The summed E-state index contributed by atoms with van der Waals surface area (Å²) in [6.45, 7) is 5.51. The molecule has 0 saturated heterocycles. The third-order valence-corrected chi connectivity index (χ3v) is 3.95. The number of unbranched alkanes of at least 4 members (excludes halogenated alkanes) is 1. The van der Waals surface area contributed by atoms with Crippen molar-refractivity contribution in [2.75, 3.05) is 13.1 Å². The van der Waals surface area contributed by atoms with Gasteiger partial charge in [-0.15, -0.1) is 0 Å². The summed E-state index contributed by atoms with van der Waals surface area (Å²) in [6.07, 6.45) is 9.74. The smallest absolute Gasteiger partial charge is 0.311 e. The minimum absolute atomic E-state index is 0.198. The van der Waals surface area contributed by atoms with Crippen molar-refractivity contribution >= 4 is 11.8 Å². The van der Waals surface area contributed by atoms with Crippen LogP contribution in [0.3, 0.4) is 0 Å². The minimum atomic E-state index is -0.401. The Labute approximate surface area is 123 Å². The van der Waals surface area contributed by atoms with E-state index < -0.39 is 5.91 Å². The third kappa shape index (κ3) is 5.93. The first-order chi connectivity index (χ1) is 9.69. The fourth-order valence-corrected chi connectivity index (χ4v) is 2.75. The van der Waals surface area contributed by atoms with Gasteiger partial charge in [0.15, 0.2) is 0 Å². The summed E-state index contributed by atoms with van der Waals surface area (Å²) >= 11 is 0. The van der Waals surface area contributed by atoms with Gasteiger partial charge in [0.2, 0.25) is 0 Å². The molecule has 1 aliphatic rings. The van der Waals surface area contributed by atoms with E-state index in [2.05, 4.69) is 12.2 Å². The number of amides is 2. The van der Waals surface area contributed by atoms with Crippen LogP contribution in [0.5, 0.6) is 0 Å². The molecule has 0 atom stereocenters. The molecule has 1 N–H and O–H groups in total. The Morgan fingerprint density at radius 3 is 2.20 bits per heavy atom. The van der Waals surface area contributed by atoms with Crippen LogP contribution in [0.1, 0.15) is 71.6 Å². The molecule has 4 heteroatoms. The van der Waals surface area contributed by atoms with Crippen molar-refractivity contribution in [3.8, 4) is 0 Å². The van der Waals surface area contributed by atoms with Crippen molar-refractivity contribution in [3.63, 3.8) is 0 Å². The minimum Gasteiger partial charge on any atom is -0.345 e. The van der Waals surface area contributed by atoms with Crippen LogP contribution < -0.4 is 5.32 Å². The molecule has 1 fully saturated rings. The average molecular weight is 282 g/mol. The number of nitrogens with zero attached hydrogens (tertiary/aromatic N) is 1. The Kier molecular flexibility index (Phi) is 8.31. The number of hydrogen-bond donors (Lipinski definition) is 1. The van der Waals surface area contributed by atoms with E-state index in [9.17, 15) is 9.59 Å². The lowest BCUT2D eigenvalue weighted by molar-refractivity contribution is -0.146. The number of rotatable bonds is 6. The zero-order chi connectivity index (χ0) is 14.8. The number of hydrogen-bond acceptors (Lipinski definition) is 2. The van der Waals surface area contributed by atoms with Gasteiger partial charge >= 0.3 is 11.8 Å². The maximum atomic E-state index is 12.2. The largest absolute Gasteiger partial charge is 0.345 e. The summed E-state index contributed by atoms with van der Waals surface area (Å²) in [7, 11) is 0. The van der Waals surface area contributed by atoms with E-state index >= 15 is 0 Å². The van der Waals surface area contributed by atoms with Crippen LogP contribution in [0.2, 0.25) is 0 Å². The molecule has 0 radical (unpaired) electrons. The van der Waals surface area contributed by atoms with Crippen LogP contribution >= 0.6 is 0 Å². The van der Waals surface area contributed by atoms with Gasteiger partial charge in [-0.25, -0.2) is 0 Å². The maximum Gasteiger partial charge on any atom is 0.311 e. The highest BCUT2D eigenvalue weighted by Gasteiger charge is 2.23. The number of carbonyl (C=O) groups excluding carboxylic acids is 2. The number of carbonyl (C=O) groups is 2. The molecular formula is C16H30N2O2. The zero-order valence-electron chi connectivity index (χ0n) is 13.1. The normalized spacial score (nSPS) is 16.5. The molecule has 0 unspecified atom stereocenters. The van der Waals surface area contributed by atoms with Gasteiger partial charge in [0.25, 0.3) is 0 Å². The van der Waals surface area contributed by atoms with Crippen molar-refractivity contribution < 1.29 is 9.59 Å². The first kappa shape index (κ1) is 17.0. The highest BCUT2D eigenvalue weighted by Crippen LogP contribution is 2.17. The maximum absolute atomic E-state index is 12.2. The second-order valence-electron chi connectivity index (χ2n) is 5.81. The quantitative estimate of drug-likeness (QED) is 0.601. The van der Waals surface area contributed by atoms with Crippen molar-refractivity contribution in [1.82, 2.24) is 10.2 Å². The molecular weight excluding hydrogens is 252 g/mol. The summed E-state index contributed by atoms with van der Waals surface area (Å²) in [6, 6.07) is 0.198. The standard InChI is InChI=1S/C16H30N2O2/c1-3-5-13-18(12-4-2)16(20)15(19)17-14-10-8-6-7-9-11-14/h14H,3-13H2,1-2H3,(H,17,19). The first-order valence-electron chi connectivity index (χ1n) is 8.28. The monoisotopic (exact) mass is 282 g/mol.